The van der Waals surface area contributed by atoms with Gasteiger partial charge in [-0.3, -0.25) is 4.90 Å². The molecule has 0 aromatic heterocycles. The van der Waals surface area contributed by atoms with Crippen molar-refractivity contribution in [1.29, 1.82) is 0 Å². The Labute approximate surface area is 132 Å². The van der Waals surface area contributed by atoms with Crippen LogP contribution in [-0.2, 0) is 0 Å². The van der Waals surface area contributed by atoms with Gasteiger partial charge in [-0.25, -0.2) is 8.78 Å². The van der Waals surface area contributed by atoms with Crippen LogP contribution in [-0.4, -0.2) is 43.5 Å². The predicted octanol–water partition coefficient (Wildman–Crippen LogP) is 3.89. The number of likely N-dealkylation sites (tertiary alicyclic amines) is 1. The summed E-state index contributed by atoms with van der Waals surface area (Å²) in [7, 11) is 0. The molecule has 1 aliphatic heterocycles. The monoisotopic (exact) mass is 310 g/mol. The molecule has 2 rings (SSSR count). The van der Waals surface area contributed by atoms with Crippen LogP contribution in [0.2, 0.25) is 0 Å². The molecule has 0 radical (unpaired) electrons. The van der Waals surface area contributed by atoms with E-state index in [-0.39, 0.29) is 6.54 Å². The molecule has 22 heavy (non-hydrogen) atoms. The quantitative estimate of drug-likeness (QED) is 0.783. The summed E-state index contributed by atoms with van der Waals surface area (Å²) in [6.07, 6.45) is 2.09. The number of nitrogens with one attached hydrogen (secondary N) is 1. The summed E-state index contributed by atoms with van der Waals surface area (Å²) in [6, 6.07) is 11.1. The number of piperidine rings is 1. The number of alkyl halides is 2. The fourth-order valence-corrected chi connectivity index (χ4v) is 3.28. The highest BCUT2D eigenvalue weighted by atomic mass is 19.3. The van der Waals surface area contributed by atoms with Gasteiger partial charge >= 0.3 is 0 Å². The number of hydrogen-bond donors (Lipinski definition) is 1. The van der Waals surface area contributed by atoms with Crippen molar-refractivity contribution in [1.82, 2.24) is 10.2 Å². The van der Waals surface area contributed by atoms with Crippen molar-refractivity contribution in [3.05, 3.63) is 35.9 Å². The highest BCUT2D eigenvalue weighted by molar-refractivity contribution is 5.19. The second-order valence-corrected chi connectivity index (χ2v) is 6.27. The number of benzene rings is 1. The molecule has 0 aliphatic carbocycles. The van der Waals surface area contributed by atoms with E-state index in [1.165, 1.54) is 18.4 Å². The molecule has 1 aromatic rings. The molecule has 1 atom stereocenters. The number of rotatable bonds is 8. The Bertz CT molecular complexity index is 403. The average molecular weight is 310 g/mol. The van der Waals surface area contributed by atoms with Gasteiger partial charge in [0.15, 0.2) is 0 Å². The third-order valence-corrected chi connectivity index (χ3v) is 4.54. The van der Waals surface area contributed by atoms with Crippen molar-refractivity contribution in [3.8, 4) is 0 Å². The molecule has 0 unspecified atom stereocenters. The van der Waals surface area contributed by atoms with Gasteiger partial charge in [-0.2, -0.15) is 0 Å². The van der Waals surface area contributed by atoms with Crippen LogP contribution in [0, 0.1) is 0 Å². The maximum absolute atomic E-state index is 12.4. The zero-order valence-electron chi connectivity index (χ0n) is 13.5. The van der Waals surface area contributed by atoms with Crippen LogP contribution in [0.5, 0.6) is 0 Å². The molecule has 4 heteroatoms. The summed E-state index contributed by atoms with van der Waals surface area (Å²) < 4.78 is 24.8. The Balaban J connectivity index is 1.76. The fraction of sp³-hybridized carbons (Fsp3) is 0.667. The Morgan fingerprint density at radius 1 is 1.18 bits per heavy atom. The Kier molecular flexibility index (Phi) is 7.26. The van der Waals surface area contributed by atoms with Crippen molar-refractivity contribution in [2.24, 2.45) is 0 Å². The maximum atomic E-state index is 12.4. The van der Waals surface area contributed by atoms with Gasteiger partial charge in [0.1, 0.15) is 0 Å². The van der Waals surface area contributed by atoms with E-state index in [2.05, 4.69) is 42.6 Å². The lowest BCUT2D eigenvalue weighted by Crippen LogP contribution is -2.44. The molecule has 1 aromatic carbocycles. The minimum Gasteiger partial charge on any atom is -0.313 e. The summed E-state index contributed by atoms with van der Waals surface area (Å²) in [5.74, 6) is 0.547. The summed E-state index contributed by atoms with van der Waals surface area (Å²) in [5, 5.41) is 3.66. The first kappa shape index (κ1) is 17.4. The van der Waals surface area contributed by atoms with E-state index in [1.807, 2.05) is 4.90 Å². The van der Waals surface area contributed by atoms with Crippen LogP contribution in [0.4, 0.5) is 8.78 Å². The molecular formula is C18H28F2N2. The first-order valence-corrected chi connectivity index (χ1v) is 8.48. The molecule has 1 fully saturated rings. The first-order chi connectivity index (χ1) is 10.7. The standard InChI is InChI=1S/C18H28F2N2/c1-2-6-16(15-7-4-3-5-8-15)13-21-17-9-11-22(12-10-17)14-18(19)20/h3-5,7-8,16-18,21H,2,6,9-14H2,1H3/t16-/m0/s1. The molecule has 1 saturated heterocycles. The van der Waals surface area contributed by atoms with E-state index in [1.54, 1.807) is 0 Å². The van der Waals surface area contributed by atoms with E-state index < -0.39 is 6.43 Å². The summed E-state index contributed by atoms with van der Waals surface area (Å²) in [5.41, 5.74) is 1.40. The number of halogens is 2. The lowest BCUT2D eigenvalue weighted by Gasteiger charge is -2.33. The van der Waals surface area contributed by atoms with Crippen LogP contribution in [0.3, 0.4) is 0 Å². The average Bonchev–Trinajstić information content (AvgIpc) is 2.53. The fourth-order valence-electron chi connectivity index (χ4n) is 3.28. The molecule has 0 amide bonds. The predicted molar refractivity (Wildman–Crippen MR) is 87.6 cm³/mol. The number of hydrogen-bond acceptors (Lipinski definition) is 2. The van der Waals surface area contributed by atoms with Gasteiger partial charge in [0.25, 0.3) is 6.43 Å². The molecule has 2 nitrogen and oxygen atoms in total. The lowest BCUT2D eigenvalue weighted by molar-refractivity contribution is 0.0729. The van der Waals surface area contributed by atoms with Gasteiger partial charge in [0, 0.05) is 12.6 Å². The van der Waals surface area contributed by atoms with Gasteiger partial charge in [-0.1, -0.05) is 43.7 Å². The van der Waals surface area contributed by atoms with Gasteiger partial charge in [0.05, 0.1) is 6.54 Å². The third kappa shape index (κ3) is 5.65. The SMILES string of the molecule is CCC[C@@H](CNC1CCN(CC(F)F)CC1)c1ccccc1. The molecule has 0 bridgehead atoms. The highest BCUT2D eigenvalue weighted by Gasteiger charge is 2.22. The topological polar surface area (TPSA) is 15.3 Å². The van der Waals surface area contributed by atoms with E-state index in [0.717, 1.165) is 32.5 Å². The second-order valence-electron chi connectivity index (χ2n) is 6.27. The van der Waals surface area contributed by atoms with Crippen molar-refractivity contribution in [3.63, 3.8) is 0 Å². The van der Waals surface area contributed by atoms with E-state index in [0.29, 0.717) is 12.0 Å². The molecular weight excluding hydrogens is 282 g/mol. The zero-order chi connectivity index (χ0) is 15.8. The zero-order valence-corrected chi connectivity index (χ0v) is 13.5. The maximum Gasteiger partial charge on any atom is 0.251 e. The van der Waals surface area contributed by atoms with E-state index in [9.17, 15) is 8.78 Å². The van der Waals surface area contributed by atoms with Gasteiger partial charge in [0.2, 0.25) is 0 Å². The smallest absolute Gasteiger partial charge is 0.251 e. The highest BCUT2D eigenvalue weighted by Crippen LogP contribution is 2.21. The third-order valence-electron chi connectivity index (χ3n) is 4.54. The van der Waals surface area contributed by atoms with Gasteiger partial charge in [-0.05, 0) is 43.8 Å². The molecule has 0 spiro atoms. The second kappa shape index (κ2) is 9.21. The summed E-state index contributed by atoms with van der Waals surface area (Å²) >= 11 is 0. The number of nitrogens with zero attached hydrogens (tertiary/aromatic N) is 1. The van der Waals surface area contributed by atoms with E-state index >= 15 is 0 Å². The van der Waals surface area contributed by atoms with Crippen molar-refractivity contribution in [2.75, 3.05) is 26.2 Å². The van der Waals surface area contributed by atoms with Crippen LogP contribution >= 0.6 is 0 Å². The van der Waals surface area contributed by atoms with Crippen LogP contribution in [0.15, 0.2) is 30.3 Å². The molecule has 1 aliphatic rings. The summed E-state index contributed by atoms with van der Waals surface area (Å²) in [4.78, 5) is 1.88. The Hall–Kier alpha value is -1.00. The normalized spacial score (nSPS) is 18.7. The first-order valence-electron chi connectivity index (χ1n) is 8.48. The van der Waals surface area contributed by atoms with E-state index in [4.69, 9.17) is 0 Å². The lowest BCUT2D eigenvalue weighted by atomic mass is 9.93. The Morgan fingerprint density at radius 2 is 1.86 bits per heavy atom. The van der Waals surface area contributed by atoms with Crippen molar-refractivity contribution < 1.29 is 8.78 Å². The van der Waals surface area contributed by atoms with Crippen molar-refractivity contribution in [2.45, 2.75) is 51.0 Å². The molecule has 124 valence electrons. The van der Waals surface area contributed by atoms with Crippen LogP contribution < -0.4 is 5.32 Å². The van der Waals surface area contributed by atoms with Gasteiger partial charge in [-0.15, -0.1) is 0 Å². The molecule has 1 heterocycles. The Morgan fingerprint density at radius 3 is 2.45 bits per heavy atom. The van der Waals surface area contributed by atoms with Crippen molar-refractivity contribution >= 4 is 0 Å². The largest absolute Gasteiger partial charge is 0.313 e. The minimum atomic E-state index is -2.21. The van der Waals surface area contributed by atoms with Crippen LogP contribution in [0.1, 0.15) is 44.1 Å². The van der Waals surface area contributed by atoms with Crippen LogP contribution in [0.25, 0.3) is 0 Å². The summed E-state index contributed by atoms with van der Waals surface area (Å²) in [6.45, 7) is 4.70. The molecule has 0 saturated carbocycles. The molecule has 1 N–H and O–H groups in total. The van der Waals surface area contributed by atoms with Gasteiger partial charge < -0.3 is 5.32 Å². The minimum absolute atomic E-state index is 0.0742.